The topological polar surface area (TPSA) is 0 Å². The predicted octanol–water partition coefficient (Wildman–Crippen LogP) is 5.81. The summed E-state index contributed by atoms with van der Waals surface area (Å²) in [5, 5.41) is 0. The van der Waals surface area contributed by atoms with Gasteiger partial charge in [-0.2, -0.15) is 0 Å². The molecule has 3 rings (SSSR count). The minimum Gasteiger partial charge on any atom is -0.203 e. The van der Waals surface area contributed by atoms with Gasteiger partial charge in [0.15, 0.2) is 11.6 Å². The standard InChI is InChI=1S/C19H26F2/c1-13-5-9-17(19(21)18(13)20)12-8-14-6-10-16(11-7-14)15-3-2-4-15/h5,9,14-16H,2-4,6-8,10-12H2,1H3. The van der Waals surface area contributed by atoms with Crippen molar-refractivity contribution in [3.8, 4) is 0 Å². The summed E-state index contributed by atoms with van der Waals surface area (Å²) in [6.45, 7) is 1.61. The van der Waals surface area contributed by atoms with Crippen LogP contribution in [-0.2, 0) is 6.42 Å². The third-order valence-corrected chi connectivity index (χ3v) is 5.89. The number of rotatable bonds is 4. The number of hydrogen-bond acceptors (Lipinski definition) is 0. The molecule has 0 nitrogen and oxygen atoms in total. The van der Waals surface area contributed by atoms with E-state index in [9.17, 15) is 8.78 Å². The molecule has 0 amide bonds. The molecule has 2 aliphatic rings. The van der Waals surface area contributed by atoms with Gasteiger partial charge in [0.2, 0.25) is 0 Å². The average Bonchev–Trinajstić information content (AvgIpc) is 2.44. The van der Waals surface area contributed by atoms with Crippen LogP contribution in [0.5, 0.6) is 0 Å². The zero-order chi connectivity index (χ0) is 14.8. The van der Waals surface area contributed by atoms with E-state index < -0.39 is 11.6 Å². The van der Waals surface area contributed by atoms with E-state index in [4.69, 9.17) is 0 Å². The molecular weight excluding hydrogens is 266 g/mol. The lowest BCUT2D eigenvalue weighted by Gasteiger charge is -2.38. The highest BCUT2D eigenvalue weighted by molar-refractivity contribution is 5.25. The molecule has 1 aromatic rings. The van der Waals surface area contributed by atoms with Gasteiger partial charge in [-0.25, -0.2) is 8.78 Å². The molecule has 2 saturated carbocycles. The minimum absolute atomic E-state index is 0.400. The zero-order valence-corrected chi connectivity index (χ0v) is 13.0. The highest BCUT2D eigenvalue weighted by Crippen LogP contribution is 2.43. The number of halogens is 2. The first-order valence-electron chi connectivity index (χ1n) is 8.58. The first-order valence-corrected chi connectivity index (χ1v) is 8.58. The summed E-state index contributed by atoms with van der Waals surface area (Å²) in [7, 11) is 0. The Labute approximate surface area is 126 Å². The van der Waals surface area contributed by atoms with Crippen LogP contribution in [0.25, 0.3) is 0 Å². The molecule has 0 saturated heterocycles. The van der Waals surface area contributed by atoms with Gasteiger partial charge in [0, 0.05) is 0 Å². The molecule has 2 fully saturated rings. The van der Waals surface area contributed by atoms with E-state index in [-0.39, 0.29) is 0 Å². The summed E-state index contributed by atoms with van der Waals surface area (Å²) in [5.74, 6) is 1.39. The molecule has 0 aromatic heterocycles. The molecule has 0 spiro atoms. The second-order valence-electron chi connectivity index (χ2n) is 7.18. The summed E-state index contributed by atoms with van der Waals surface area (Å²) in [4.78, 5) is 0. The van der Waals surface area contributed by atoms with Crippen LogP contribution in [0, 0.1) is 36.3 Å². The maximum atomic E-state index is 13.9. The Morgan fingerprint density at radius 3 is 2.19 bits per heavy atom. The van der Waals surface area contributed by atoms with E-state index in [1.165, 1.54) is 44.9 Å². The first kappa shape index (κ1) is 15.0. The average molecular weight is 292 g/mol. The predicted molar refractivity (Wildman–Crippen MR) is 82.2 cm³/mol. The van der Waals surface area contributed by atoms with Crippen LogP contribution in [0.3, 0.4) is 0 Å². The Morgan fingerprint density at radius 1 is 0.905 bits per heavy atom. The lowest BCUT2D eigenvalue weighted by Crippen LogP contribution is -2.26. The Hall–Kier alpha value is -0.920. The zero-order valence-electron chi connectivity index (χ0n) is 13.0. The number of benzene rings is 1. The molecule has 0 atom stereocenters. The van der Waals surface area contributed by atoms with Gasteiger partial charge in [0.1, 0.15) is 0 Å². The monoisotopic (exact) mass is 292 g/mol. The van der Waals surface area contributed by atoms with Crippen LogP contribution in [0.1, 0.15) is 62.5 Å². The van der Waals surface area contributed by atoms with E-state index in [2.05, 4.69) is 0 Å². The summed E-state index contributed by atoms with van der Waals surface area (Å²) in [6.07, 6.45) is 11.3. The molecule has 21 heavy (non-hydrogen) atoms. The van der Waals surface area contributed by atoms with Gasteiger partial charge in [0.25, 0.3) is 0 Å². The van der Waals surface area contributed by atoms with Crippen LogP contribution in [0.4, 0.5) is 8.78 Å². The van der Waals surface area contributed by atoms with Crippen LogP contribution in [0.2, 0.25) is 0 Å². The molecule has 0 N–H and O–H groups in total. The van der Waals surface area contributed by atoms with Crippen LogP contribution < -0.4 is 0 Å². The molecule has 1 aromatic carbocycles. The molecule has 2 heteroatoms. The van der Waals surface area contributed by atoms with E-state index >= 15 is 0 Å². The molecule has 0 bridgehead atoms. The van der Waals surface area contributed by atoms with Crippen molar-refractivity contribution in [1.82, 2.24) is 0 Å². The van der Waals surface area contributed by atoms with Crippen molar-refractivity contribution >= 4 is 0 Å². The highest BCUT2D eigenvalue weighted by Gasteiger charge is 2.30. The van der Waals surface area contributed by atoms with Crippen molar-refractivity contribution < 1.29 is 8.78 Å². The van der Waals surface area contributed by atoms with Gasteiger partial charge in [0.05, 0.1) is 0 Å². The lowest BCUT2D eigenvalue weighted by molar-refractivity contribution is 0.136. The molecule has 0 unspecified atom stereocenters. The smallest absolute Gasteiger partial charge is 0.162 e. The van der Waals surface area contributed by atoms with Crippen molar-refractivity contribution in [2.45, 2.75) is 64.7 Å². The Morgan fingerprint density at radius 2 is 1.57 bits per heavy atom. The van der Waals surface area contributed by atoms with E-state index in [0.29, 0.717) is 23.5 Å². The van der Waals surface area contributed by atoms with Crippen molar-refractivity contribution in [2.24, 2.45) is 17.8 Å². The van der Waals surface area contributed by atoms with Crippen molar-refractivity contribution in [3.63, 3.8) is 0 Å². The number of aryl methyl sites for hydroxylation is 2. The molecular formula is C19H26F2. The minimum atomic E-state index is -0.666. The Bertz CT molecular complexity index is 483. The maximum Gasteiger partial charge on any atom is 0.162 e. The number of hydrogen-bond donors (Lipinski definition) is 0. The van der Waals surface area contributed by atoms with Crippen LogP contribution >= 0.6 is 0 Å². The quantitative estimate of drug-likeness (QED) is 0.656. The third kappa shape index (κ3) is 3.30. The van der Waals surface area contributed by atoms with E-state index in [0.717, 1.165) is 18.3 Å². The van der Waals surface area contributed by atoms with Crippen molar-refractivity contribution in [2.75, 3.05) is 0 Å². The maximum absolute atomic E-state index is 13.9. The fraction of sp³-hybridized carbons (Fsp3) is 0.684. The van der Waals surface area contributed by atoms with Crippen molar-refractivity contribution in [3.05, 3.63) is 34.9 Å². The van der Waals surface area contributed by atoms with E-state index in [1.807, 2.05) is 0 Å². The Balaban J connectivity index is 1.49. The van der Waals surface area contributed by atoms with Crippen molar-refractivity contribution in [1.29, 1.82) is 0 Å². The second kappa shape index (κ2) is 6.46. The fourth-order valence-electron chi connectivity index (χ4n) is 4.10. The summed E-state index contributed by atoms with van der Waals surface area (Å²) < 4.78 is 27.4. The van der Waals surface area contributed by atoms with Gasteiger partial charge < -0.3 is 0 Å². The molecule has 2 aliphatic carbocycles. The lowest BCUT2D eigenvalue weighted by atomic mass is 9.67. The highest BCUT2D eigenvalue weighted by atomic mass is 19.2. The van der Waals surface area contributed by atoms with Crippen LogP contribution in [-0.4, -0.2) is 0 Å². The SMILES string of the molecule is Cc1ccc(CCC2CCC(C3CCC3)CC2)c(F)c1F. The van der Waals surface area contributed by atoms with Gasteiger partial charge in [-0.1, -0.05) is 44.2 Å². The van der Waals surface area contributed by atoms with Gasteiger partial charge in [-0.15, -0.1) is 0 Å². The molecule has 0 radical (unpaired) electrons. The largest absolute Gasteiger partial charge is 0.203 e. The second-order valence-corrected chi connectivity index (χ2v) is 7.18. The fourth-order valence-corrected chi connectivity index (χ4v) is 4.10. The van der Waals surface area contributed by atoms with E-state index in [1.54, 1.807) is 19.1 Å². The summed E-state index contributed by atoms with van der Waals surface area (Å²) in [5.41, 5.74) is 0.955. The Kier molecular flexibility index (Phi) is 4.61. The first-order chi connectivity index (χ1) is 10.1. The molecule has 0 aliphatic heterocycles. The summed E-state index contributed by atoms with van der Waals surface area (Å²) in [6, 6.07) is 3.45. The molecule has 116 valence electrons. The third-order valence-electron chi connectivity index (χ3n) is 5.89. The molecule has 0 heterocycles. The normalized spacial score (nSPS) is 26.6. The summed E-state index contributed by atoms with van der Waals surface area (Å²) >= 11 is 0. The van der Waals surface area contributed by atoms with Crippen LogP contribution in [0.15, 0.2) is 12.1 Å². The van der Waals surface area contributed by atoms with Gasteiger partial charge in [-0.3, -0.25) is 0 Å². The van der Waals surface area contributed by atoms with Gasteiger partial charge in [-0.05, 0) is 61.5 Å². The van der Waals surface area contributed by atoms with Gasteiger partial charge >= 0.3 is 0 Å².